The van der Waals surface area contributed by atoms with Gasteiger partial charge in [-0.05, 0) is 59.6 Å². The van der Waals surface area contributed by atoms with Crippen LogP contribution in [-0.2, 0) is 22.7 Å². The molecule has 0 saturated carbocycles. The molecule has 0 aliphatic carbocycles. The molecule has 0 saturated heterocycles. The minimum absolute atomic E-state index is 0.0464. The molecule has 3 aromatic carbocycles. The molecule has 3 aromatic rings. The summed E-state index contributed by atoms with van der Waals surface area (Å²) in [7, 11) is 1.83. The second kappa shape index (κ2) is 12.7. The molecule has 0 radical (unpaired) electrons. The molecule has 6 heteroatoms. The summed E-state index contributed by atoms with van der Waals surface area (Å²) in [4.78, 5) is 28.5. The van der Waals surface area contributed by atoms with E-state index in [-0.39, 0.29) is 24.9 Å². The number of aryl methyl sites for hydroxylation is 1. The van der Waals surface area contributed by atoms with Crippen molar-refractivity contribution >= 4 is 17.5 Å². The first kappa shape index (κ1) is 27.4. The van der Waals surface area contributed by atoms with Crippen molar-refractivity contribution in [1.82, 2.24) is 15.3 Å². The molecule has 38 heavy (non-hydrogen) atoms. The summed E-state index contributed by atoms with van der Waals surface area (Å²) in [6.07, 6.45) is 2.02. The fourth-order valence-electron chi connectivity index (χ4n) is 4.90. The summed E-state index contributed by atoms with van der Waals surface area (Å²) >= 11 is 0. The Kier molecular flexibility index (Phi) is 9.19. The van der Waals surface area contributed by atoms with Crippen LogP contribution in [0.3, 0.4) is 0 Å². The van der Waals surface area contributed by atoms with Crippen LogP contribution in [0.2, 0.25) is 0 Å². The Morgan fingerprint density at radius 2 is 1.55 bits per heavy atom. The van der Waals surface area contributed by atoms with Crippen LogP contribution in [0.4, 0.5) is 5.69 Å². The zero-order chi connectivity index (χ0) is 27.1. The van der Waals surface area contributed by atoms with Gasteiger partial charge in [0.15, 0.2) is 0 Å². The van der Waals surface area contributed by atoms with Crippen molar-refractivity contribution in [3.8, 4) is 11.1 Å². The average molecular weight is 513 g/mol. The van der Waals surface area contributed by atoms with Gasteiger partial charge in [-0.3, -0.25) is 14.6 Å². The molecule has 1 aliphatic rings. The van der Waals surface area contributed by atoms with E-state index >= 15 is 0 Å². The SMILES string of the molecule is Cc1ccc(-c2ccccc2)cc1N(CC(=O)NCCCC(C)C)CC(=O)N(C)N1Cc2ccccc2C1. The Balaban J connectivity index is 1.52. The minimum atomic E-state index is -0.0673. The number of rotatable bonds is 11. The first-order valence-corrected chi connectivity index (χ1v) is 13.6. The maximum Gasteiger partial charge on any atom is 0.256 e. The van der Waals surface area contributed by atoms with Gasteiger partial charge in [-0.2, -0.15) is 0 Å². The number of carbonyl (C=O) groups excluding carboxylic acids is 2. The van der Waals surface area contributed by atoms with Crippen LogP contribution < -0.4 is 10.2 Å². The van der Waals surface area contributed by atoms with Crippen molar-refractivity contribution in [1.29, 1.82) is 0 Å². The van der Waals surface area contributed by atoms with Crippen LogP contribution in [0.1, 0.15) is 43.4 Å². The molecule has 1 heterocycles. The summed E-state index contributed by atoms with van der Waals surface area (Å²) in [5, 5.41) is 6.83. The van der Waals surface area contributed by atoms with Crippen molar-refractivity contribution < 1.29 is 9.59 Å². The minimum Gasteiger partial charge on any atom is -0.355 e. The van der Waals surface area contributed by atoms with Gasteiger partial charge in [-0.1, -0.05) is 80.6 Å². The van der Waals surface area contributed by atoms with Crippen LogP contribution in [0, 0.1) is 12.8 Å². The number of nitrogens with one attached hydrogen (secondary N) is 1. The van der Waals surface area contributed by atoms with E-state index < -0.39 is 0 Å². The average Bonchev–Trinajstić information content (AvgIpc) is 3.35. The lowest BCUT2D eigenvalue weighted by molar-refractivity contribution is -0.145. The maximum atomic E-state index is 13.6. The largest absolute Gasteiger partial charge is 0.355 e. The monoisotopic (exact) mass is 512 g/mol. The summed E-state index contributed by atoms with van der Waals surface area (Å²) in [6.45, 7) is 8.70. The predicted octanol–water partition coefficient (Wildman–Crippen LogP) is 5.41. The van der Waals surface area contributed by atoms with Crippen LogP contribution in [0.25, 0.3) is 11.1 Å². The summed E-state index contributed by atoms with van der Waals surface area (Å²) in [6, 6.07) is 24.7. The standard InChI is InChI=1S/C32H40N4O2/c1-24(2)11-10-18-33-31(37)22-35(30-19-27(17-16-25(30)3)26-12-6-5-7-13-26)23-32(38)34(4)36-20-28-14-8-9-15-29(28)21-36/h5-9,12-17,19,24H,10-11,18,20-23H2,1-4H3,(H,33,37). The van der Waals surface area contributed by atoms with E-state index in [1.54, 1.807) is 5.01 Å². The van der Waals surface area contributed by atoms with Gasteiger partial charge in [0.2, 0.25) is 5.91 Å². The van der Waals surface area contributed by atoms with Gasteiger partial charge in [0.05, 0.1) is 13.1 Å². The normalized spacial score (nSPS) is 12.9. The van der Waals surface area contributed by atoms with Crippen LogP contribution in [-0.4, -0.2) is 48.5 Å². The number of carbonyl (C=O) groups is 2. The number of anilines is 1. The lowest BCUT2D eigenvalue weighted by atomic mass is 10.0. The number of hydrogen-bond donors (Lipinski definition) is 1. The summed E-state index contributed by atoms with van der Waals surface area (Å²) < 4.78 is 0. The molecular weight excluding hydrogens is 472 g/mol. The van der Waals surface area contributed by atoms with Crippen LogP contribution in [0.5, 0.6) is 0 Å². The van der Waals surface area contributed by atoms with Crippen molar-refractivity contribution in [3.05, 3.63) is 89.5 Å². The van der Waals surface area contributed by atoms with Crippen LogP contribution >= 0.6 is 0 Å². The number of fused-ring (bicyclic) bond motifs is 1. The number of nitrogens with zero attached hydrogens (tertiary/aromatic N) is 3. The Morgan fingerprint density at radius 1 is 0.895 bits per heavy atom. The van der Waals surface area contributed by atoms with E-state index in [0.717, 1.165) is 35.2 Å². The fraction of sp³-hybridized carbons (Fsp3) is 0.375. The van der Waals surface area contributed by atoms with Gasteiger partial charge in [0, 0.05) is 32.4 Å². The van der Waals surface area contributed by atoms with Gasteiger partial charge < -0.3 is 10.2 Å². The maximum absolute atomic E-state index is 13.6. The third-order valence-electron chi connectivity index (χ3n) is 7.21. The zero-order valence-electron chi connectivity index (χ0n) is 23.1. The predicted molar refractivity (Wildman–Crippen MR) is 154 cm³/mol. The number of amides is 2. The second-order valence-corrected chi connectivity index (χ2v) is 10.6. The first-order chi connectivity index (χ1) is 18.3. The Morgan fingerprint density at radius 3 is 2.21 bits per heavy atom. The molecule has 1 N–H and O–H groups in total. The molecule has 0 aromatic heterocycles. The Hall–Kier alpha value is -3.64. The topological polar surface area (TPSA) is 55.9 Å². The molecule has 0 atom stereocenters. The van der Waals surface area contributed by atoms with Crippen LogP contribution in [0.15, 0.2) is 72.8 Å². The molecule has 0 fully saturated rings. The smallest absolute Gasteiger partial charge is 0.256 e. The fourth-order valence-corrected chi connectivity index (χ4v) is 4.90. The van der Waals surface area contributed by atoms with E-state index in [1.807, 2.05) is 49.2 Å². The second-order valence-electron chi connectivity index (χ2n) is 10.6. The summed E-state index contributed by atoms with van der Waals surface area (Å²) in [5.74, 6) is 0.494. The molecule has 0 unspecified atom stereocenters. The van der Waals surface area contributed by atoms with E-state index in [4.69, 9.17) is 0 Å². The molecule has 1 aliphatic heterocycles. The number of hydrogen-bond acceptors (Lipinski definition) is 4. The molecule has 0 spiro atoms. The van der Waals surface area contributed by atoms with Crippen molar-refractivity contribution in [2.24, 2.45) is 5.92 Å². The van der Waals surface area contributed by atoms with Crippen molar-refractivity contribution in [2.75, 3.05) is 31.6 Å². The highest BCUT2D eigenvalue weighted by Gasteiger charge is 2.27. The van der Waals surface area contributed by atoms with E-state index in [2.05, 4.69) is 66.6 Å². The summed E-state index contributed by atoms with van der Waals surface area (Å²) in [5.41, 5.74) is 6.58. The van der Waals surface area contributed by atoms with Gasteiger partial charge in [0.25, 0.3) is 5.91 Å². The number of benzene rings is 3. The molecular formula is C32H40N4O2. The first-order valence-electron chi connectivity index (χ1n) is 13.6. The van der Waals surface area contributed by atoms with E-state index in [9.17, 15) is 9.59 Å². The van der Waals surface area contributed by atoms with Gasteiger partial charge in [-0.15, -0.1) is 0 Å². The molecule has 4 rings (SSSR count). The van der Waals surface area contributed by atoms with Crippen molar-refractivity contribution in [2.45, 2.75) is 46.7 Å². The Labute approximate surface area is 227 Å². The highest BCUT2D eigenvalue weighted by atomic mass is 16.2. The molecule has 200 valence electrons. The lowest BCUT2D eigenvalue weighted by Gasteiger charge is -2.32. The zero-order valence-corrected chi connectivity index (χ0v) is 23.1. The molecule has 6 nitrogen and oxygen atoms in total. The third kappa shape index (κ3) is 7.01. The highest BCUT2D eigenvalue weighted by molar-refractivity contribution is 5.87. The van der Waals surface area contributed by atoms with Gasteiger partial charge in [-0.25, -0.2) is 5.01 Å². The van der Waals surface area contributed by atoms with Gasteiger partial charge >= 0.3 is 0 Å². The lowest BCUT2D eigenvalue weighted by Crippen LogP contribution is -2.48. The number of likely N-dealkylation sites (N-methyl/N-ethyl adjacent to an activating group) is 1. The molecule has 2 amide bonds. The quantitative estimate of drug-likeness (QED) is 0.349. The van der Waals surface area contributed by atoms with E-state index in [1.165, 1.54) is 11.1 Å². The Bertz CT molecular complexity index is 1220. The van der Waals surface area contributed by atoms with E-state index in [0.29, 0.717) is 25.6 Å². The van der Waals surface area contributed by atoms with Crippen molar-refractivity contribution in [3.63, 3.8) is 0 Å². The van der Waals surface area contributed by atoms with Gasteiger partial charge in [0.1, 0.15) is 0 Å². The third-order valence-corrected chi connectivity index (χ3v) is 7.21. The highest BCUT2D eigenvalue weighted by Crippen LogP contribution is 2.29. The molecule has 0 bridgehead atoms. The number of hydrazine groups is 1.